The molecule has 4 rings (SSSR count). The van der Waals surface area contributed by atoms with Gasteiger partial charge in [-0.15, -0.1) is 0 Å². The van der Waals surface area contributed by atoms with E-state index in [1.54, 1.807) is 6.07 Å². The Morgan fingerprint density at radius 3 is 2.53 bits per heavy atom. The van der Waals surface area contributed by atoms with Gasteiger partial charge >= 0.3 is 0 Å². The molecule has 0 amide bonds. The highest BCUT2D eigenvalue weighted by molar-refractivity contribution is 5.68. The fraction of sp³-hybridized carbons (Fsp3) is 0.360. The van der Waals surface area contributed by atoms with Crippen LogP contribution < -0.4 is 15.5 Å². The number of hydrogen-bond acceptors (Lipinski definition) is 5. The van der Waals surface area contributed by atoms with Crippen LogP contribution in [-0.4, -0.2) is 56.3 Å². The van der Waals surface area contributed by atoms with Gasteiger partial charge in [-0.3, -0.25) is 15.3 Å². The molecular formula is C25H30F2N4O. The molecule has 0 radical (unpaired) electrons. The van der Waals surface area contributed by atoms with Gasteiger partial charge in [0.1, 0.15) is 5.82 Å². The Balaban J connectivity index is 1.47. The summed E-state index contributed by atoms with van der Waals surface area (Å²) in [6, 6.07) is 11.7. The maximum atomic E-state index is 14.3. The molecule has 0 atom stereocenters. The first-order valence-corrected chi connectivity index (χ1v) is 11.1. The third-order valence-electron chi connectivity index (χ3n) is 5.77. The van der Waals surface area contributed by atoms with Gasteiger partial charge in [-0.25, -0.2) is 8.78 Å². The van der Waals surface area contributed by atoms with Crippen LogP contribution in [0.4, 0.5) is 8.78 Å². The van der Waals surface area contributed by atoms with Crippen molar-refractivity contribution in [3.8, 4) is 5.75 Å². The lowest BCUT2D eigenvalue weighted by Crippen LogP contribution is -2.45. The van der Waals surface area contributed by atoms with Crippen LogP contribution in [0.1, 0.15) is 17.5 Å². The molecule has 2 N–H and O–H groups in total. The molecule has 0 spiro atoms. The van der Waals surface area contributed by atoms with Gasteiger partial charge in [0.15, 0.2) is 11.6 Å². The van der Waals surface area contributed by atoms with E-state index in [-0.39, 0.29) is 17.4 Å². The number of piperazine rings is 1. The predicted molar refractivity (Wildman–Crippen MR) is 123 cm³/mol. The molecule has 0 saturated carbocycles. The van der Waals surface area contributed by atoms with E-state index < -0.39 is 0 Å². The van der Waals surface area contributed by atoms with E-state index >= 15 is 0 Å². The summed E-state index contributed by atoms with van der Waals surface area (Å²) in [5, 5.41) is 5.45. The number of ether oxygens (including phenoxy) is 1. The van der Waals surface area contributed by atoms with E-state index in [0.29, 0.717) is 0 Å². The van der Waals surface area contributed by atoms with E-state index in [4.69, 9.17) is 4.74 Å². The number of methoxy groups -OCH3 is 1. The van der Waals surface area contributed by atoms with Gasteiger partial charge < -0.3 is 10.1 Å². The molecule has 2 heterocycles. The summed E-state index contributed by atoms with van der Waals surface area (Å²) in [5.41, 5.74) is 7.35. The number of nitrogens with one attached hydrogen (secondary N) is 2. The number of halogens is 2. The summed E-state index contributed by atoms with van der Waals surface area (Å²) in [7, 11) is 1.47. The van der Waals surface area contributed by atoms with Crippen molar-refractivity contribution in [3.05, 3.63) is 83.1 Å². The first-order valence-electron chi connectivity index (χ1n) is 11.1. The summed E-state index contributed by atoms with van der Waals surface area (Å²) in [4.78, 5) is 2.42. The molecule has 170 valence electrons. The molecule has 5 nitrogen and oxygen atoms in total. The summed E-state index contributed by atoms with van der Waals surface area (Å²) in [6.45, 7) is 5.63. The summed E-state index contributed by atoms with van der Waals surface area (Å²) in [5.74, 6) is -0.361. The number of aryl methyl sites for hydroxylation is 1. The second kappa shape index (κ2) is 10.6. The maximum absolute atomic E-state index is 14.3. The zero-order valence-corrected chi connectivity index (χ0v) is 18.4. The fourth-order valence-electron chi connectivity index (χ4n) is 4.06. The standard InChI is InChI=1S/C25H30F2N4O/c1-32-25-9-6-21(16-23(25)27)24-15-20(17-30-13-10-28-11-14-30)18-31(29-24)12-2-3-19-4-7-22(26)8-5-19/h4-9,15-16,18,28-29H,2-3,10-14,17H2,1H3. The summed E-state index contributed by atoms with van der Waals surface area (Å²) in [6.07, 6.45) is 5.99. The molecule has 0 unspecified atom stereocenters. The van der Waals surface area contributed by atoms with Crippen LogP contribution in [0.5, 0.6) is 5.75 Å². The number of hydrogen-bond donors (Lipinski definition) is 2. The average molecular weight is 441 g/mol. The van der Waals surface area contributed by atoms with Crippen molar-refractivity contribution in [2.75, 3.05) is 46.4 Å². The number of nitrogens with zero attached hydrogens (tertiary/aromatic N) is 2. The molecule has 2 aromatic carbocycles. The van der Waals surface area contributed by atoms with Crippen LogP contribution >= 0.6 is 0 Å². The highest BCUT2D eigenvalue weighted by Gasteiger charge is 2.17. The van der Waals surface area contributed by atoms with Crippen molar-refractivity contribution in [2.24, 2.45) is 0 Å². The van der Waals surface area contributed by atoms with Gasteiger partial charge in [0.25, 0.3) is 0 Å². The molecule has 7 heteroatoms. The smallest absolute Gasteiger partial charge is 0.165 e. The average Bonchev–Trinajstić information content (AvgIpc) is 2.81. The Bertz CT molecular complexity index is 968. The zero-order chi connectivity index (χ0) is 22.3. The number of rotatable bonds is 8. The zero-order valence-electron chi connectivity index (χ0n) is 18.4. The first kappa shape index (κ1) is 22.3. The minimum absolute atomic E-state index is 0.214. The minimum Gasteiger partial charge on any atom is -0.494 e. The molecule has 2 aliphatic rings. The van der Waals surface area contributed by atoms with Crippen molar-refractivity contribution < 1.29 is 13.5 Å². The van der Waals surface area contributed by atoms with Gasteiger partial charge in [-0.05, 0) is 60.4 Å². The van der Waals surface area contributed by atoms with Crippen LogP contribution in [0.15, 0.2) is 60.3 Å². The van der Waals surface area contributed by atoms with Crippen molar-refractivity contribution in [1.29, 1.82) is 0 Å². The largest absolute Gasteiger partial charge is 0.494 e. The van der Waals surface area contributed by atoms with Gasteiger partial charge in [-0.1, -0.05) is 12.1 Å². The van der Waals surface area contributed by atoms with Gasteiger partial charge in [0, 0.05) is 51.0 Å². The van der Waals surface area contributed by atoms with Crippen molar-refractivity contribution in [1.82, 2.24) is 20.7 Å². The Kier molecular flexibility index (Phi) is 7.39. The highest BCUT2D eigenvalue weighted by atomic mass is 19.1. The van der Waals surface area contributed by atoms with Crippen LogP contribution in [0, 0.1) is 11.6 Å². The SMILES string of the molecule is COc1ccc(C2=CC(CN3CCNCC3)=CN(CCCc3ccc(F)cc3)N2)cc1F. The summed E-state index contributed by atoms with van der Waals surface area (Å²) >= 11 is 0. The lowest BCUT2D eigenvalue weighted by molar-refractivity contribution is 0.255. The van der Waals surface area contributed by atoms with E-state index in [1.807, 2.05) is 18.2 Å². The van der Waals surface area contributed by atoms with Gasteiger partial charge in [0.05, 0.1) is 12.8 Å². The Hall–Kier alpha value is -2.90. The fourth-order valence-corrected chi connectivity index (χ4v) is 4.06. The van der Waals surface area contributed by atoms with E-state index in [1.165, 1.54) is 30.9 Å². The lowest BCUT2D eigenvalue weighted by Gasteiger charge is -2.32. The predicted octanol–water partition coefficient (Wildman–Crippen LogP) is 3.56. The van der Waals surface area contributed by atoms with Crippen LogP contribution in [-0.2, 0) is 6.42 Å². The Morgan fingerprint density at radius 1 is 1.03 bits per heavy atom. The van der Waals surface area contributed by atoms with Crippen LogP contribution in [0.2, 0.25) is 0 Å². The molecule has 32 heavy (non-hydrogen) atoms. The second-order valence-electron chi connectivity index (χ2n) is 8.17. The molecule has 1 fully saturated rings. The lowest BCUT2D eigenvalue weighted by atomic mass is 10.1. The molecule has 0 aliphatic carbocycles. The van der Waals surface area contributed by atoms with Gasteiger partial charge in [0.2, 0.25) is 0 Å². The minimum atomic E-state index is -0.381. The van der Waals surface area contributed by atoms with Crippen molar-refractivity contribution >= 4 is 5.70 Å². The molecule has 2 aromatic rings. The van der Waals surface area contributed by atoms with Crippen LogP contribution in [0.3, 0.4) is 0 Å². The Labute approximate surface area is 188 Å². The third kappa shape index (κ3) is 5.87. The Morgan fingerprint density at radius 2 is 1.81 bits per heavy atom. The van der Waals surface area contributed by atoms with E-state index in [2.05, 4.69) is 32.9 Å². The highest BCUT2D eigenvalue weighted by Crippen LogP contribution is 2.25. The van der Waals surface area contributed by atoms with E-state index in [9.17, 15) is 8.78 Å². The van der Waals surface area contributed by atoms with Crippen LogP contribution in [0.25, 0.3) is 5.70 Å². The molecule has 0 bridgehead atoms. The van der Waals surface area contributed by atoms with Crippen molar-refractivity contribution in [2.45, 2.75) is 12.8 Å². The van der Waals surface area contributed by atoms with E-state index in [0.717, 1.165) is 68.9 Å². The molecule has 2 aliphatic heterocycles. The monoisotopic (exact) mass is 440 g/mol. The molecule has 0 aromatic heterocycles. The number of benzene rings is 2. The first-order chi connectivity index (χ1) is 15.6. The number of hydrazine groups is 1. The second-order valence-corrected chi connectivity index (χ2v) is 8.17. The third-order valence-corrected chi connectivity index (χ3v) is 5.77. The maximum Gasteiger partial charge on any atom is 0.165 e. The quantitative estimate of drug-likeness (QED) is 0.657. The van der Waals surface area contributed by atoms with Crippen molar-refractivity contribution in [3.63, 3.8) is 0 Å². The normalized spacial score (nSPS) is 16.9. The van der Waals surface area contributed by atoms with Gasteiger partial charge in [-0.2, -0.15) is 0 Å². The molecular weight excluding hydrogens is 410 g/mol. The molecule has 1 saturated heterocycles. The summed E-state index contributed by atoms with van der Waals surface area (Å²) < 4.78 is 32.5. The topological polar surface area (TPSA) is 39.8 Å².